The molecule has 4 nitrogen and oxygen atoms in total. The van der Waals surface area contributed by atoms with Gasteiger partial charge < -0.3 is 0 Å². The molecule has 0 N–H and O–H groups in total. The highest BCUT2D eigenvalue weighted by atomic mass is 15.0. The van der Waals surface area contributed by atoms with E-state index >= 15 is 0 Å². The molecule has 0 amide bonds. The van der Waals surface area contributed by atoms with E-state index < -0.39 is 0 Å². The van der Waals surface area contributed by atoms with Crippen LogP contribution in [0.4, 0.5) is 5.69 Å². The van der Waals surface area contributed by atoms with Crippen LogP contribution >= 0.6 is 0 Å². The van der Waals surface area contributed by atoms with Crippen LogP contribution in [-0.4, -0.2) is 15.0 Å². The summed E-state index contributed by atoms with van der Waals surface area (Å²) in [5.41, 5.74) is 13.9. The van der Waals surface area contributed by atoms with Gasteiger partial charge in [0, 0.05) is 16.7 Å². The van der Waals surface area contributed by atoms with Crippen LogP contribution in [0.3, 0.4) is 0 Å². The molecule has 0 radical (unpaired) electrons. The van der Waals surface area contributed by atoms with E-state index in [-0.39, 0.29) is 10.8 Å². The van der Waals surface area contributed by atoms with Crippen molar-refractivity contribution in [3.05, 3.63) is 205 Å². The third-order valence-electron chi connectivity index (χ3n) is 13.8. The number of aromatic nitrogens is 3. The van der Waals surface area contributed by atoms with Crippen molar-refractivity contribution >= 4 is 5.69 Å². The average molecular weight is 773 g/mol. The Kier molecular flexibility index (Phi) is 8.85. The minimum Gasteiger partial charge on any atom is -0.238 e. The van der Waals surface area contributed by atoms with Crippen LogP contribution in [-0.2, 0) is 10.8 Å². The summed E-state index contributed by atoms with van der Waals surface area (Å²) in [4.78, 5) is 19.0. The van der Waals surface area contributed by atoms with Crippen molar-refractivity contribution in [2.45, 2.75) is 49.4 Å². The molecular formula is C56H44N4. The number of nitrogens with zero attached hydrogens (tertiary/aromatic N) is 4. The average Bonchev–Trinajstić information content (AvgIpc) is 3.32. The summed E-state index contributed by atoms with van der Waals surface area (Å²) in [5, 5.41) is 0. The van der Waals surface area contributed by atoms with Crippen molar-refractivity contribution in [1.82, 2.24) is 15.0 Å². The quantitative estimate of drug-likeness (QED) is 0.144. The second-order valence-electron chi connectivity index (χ2n) is 17.5. The minimum atomic E-state index is 0.168. The Hall–Kier alpha value is -6.96. The van der Waals surface area contributed by atoms with Crippen LogP contribution < -0.4 is 0 Å². The zero-order chi connectivity index (χ0) is 40.1. The van der Waals surface area contributed by atoms with E-state index in [2.05, 4.69) is 157 Å². The molecule has 2 atom stereocenters. The molecule has 7 aromatic carbocycles. The van der Waals surface area contributed by atoms with E-state index in [1.807, 2.05) is 30.3 Å². The van der Waals surface area contributed by atoms with Gasteiger partial charge in [0.2, 0.25) is 0 Å². The standard InChI is InChI=1S/C56H44N4/c1-57-51-14-8-13-48(32-51)44-23-27-49(28-24-44)55-33-38-31-39(34-55)36-56(35-38,37-55)50-29-25-47(26-30-50)54-59-52(45-19-15-42(16-20-45)40-9-4-2-5-10-40)58-53(60-54)46-21-17-43(18-22-46)41-11-6-3-7-12-41/h2-30,32,38-39H,31,33-37H2. The third-order valence-corrected chi connectivity index (χ3v) is 13.8. The first-order valence-corrected chi connectivity index (χ1v) is 21.3. The molecular weight excluding hydrogens is 729 g/mol. The van der Waals surface area contributed by atoms with Crippen molar-refractivity contribution in [3.63, 3.8) is 0 Å². The Morgan fingerprint density at radius 1 is 0.383 bits per heavy atom. The van der Waals surface area contributed by atoms with Gasteiger partial charge in [-0.1, -0.05) is 176 Å². The fraction of sp³-hybridized carbons (Fsp3) is 0.179. The Morgan fingerprint density at radius 2 is 0.733 bits per heavy atom. The molecule has 0 spiro atoms. The zero-order valence-electron chi connectivity index (χ0n) is 33.5. The summed E-state index contributed by atoms with van der Waals surface area (Å²) in [7, 11) is 0. The summed E-state index contributed by atoms with van der Waals surface area (Å²) in [5.74, 6) is 3.51. The number of rotatable bonds is 8. The Labute approximate surface area is 352 Å². The lowest BCUT2D eigenvalue weighted by Crippen LogP contribution is -2.55. The first kappa shape index (κ1) is 36.1. The second-order valence-corrected chi connectivity index (χ2v) is 17.5. The lowest BCUT2D eigenvalue weighted by atomic mass is 9.41. The maximum absolute atomic E-state index is 7.47. The fourth-order valence-electron chi connectivity index (χ4n) is 11.3. The van der Waals surface area contributed by atoms with Gasteiger partial charge in [0.25, 0.3) is 0 Å². The molecule has 4 saturated carbocycles. The summed E-state index contributed by atoms with van der Waals surface area (Å²) in [6.07, 6.45) is 7.65. The van der Waals surface area contributed by atoms with Crippen LogP contribution in [0.25, 0.3) is 72.4 Å². The molecule has 4 aliphatic carbocycles. The Balaban J connectivity index is 0.921. The van der Waals surface area contributed by atoms with Crippen LogP contribution in [0.1, 0.15) is 49.7 Å². The number of hydrogen-bond acceptors (Lipinski definition) is 3. The molecule has 1 heterocycles. The lowest BCUT2D eigenvalue weighted by molar-refractivity contribution is -0.0281. The number of hydrogen-bond donors (Lipinski definition) is 0. The van der Waals surface area contributed by atoms with Gasteiger partial charge in [-0.2, -0.15) is 0 Å². The molecule has 8 aromatic rings. The van der Waals surface area contributed by atoms with Crippen molar-refractivity contribution in [1.29, 1.82) is 0 Å². The predicted molar refractivity (Wildman–Crippen MR) is 243 cm³/mol. The van der Waals surface area contributed by atoms with Crippen molar-refractivity contribution in [2.24, 2.45) is 11.8 Å². The van der Waals surface area contributed by atoms with E-state index in [9.17, 15) is 0 Å². The predicted octanol–water partition coefficient (Wildman–Crippen LogP) is 14.2. The highest BCUT2D eigenvalue weighted by Gasteiger charge is 2.58. The molecule has 4 bridgehead atoms. The van der Waals surface area contributed by atoms with Crippen molar-refractivity contribution < 1.29 is 0 Å². The molecule has 4 heteroatoms. The summed E-state index contributed by atoms with van der Waals surface area (Å²) >= 11 is 0. The minimum absolute atomic E-state index is 0.168. The van der Waals surface area contributed by atoms with E-state index in [0.717, 1.165) is 45.2 Å². The monoisotopic (exact) mass is 772 g/mol. The SMILES string of the molecule is [C-]#[N+]c1cccc(-c2ccc(C34CC5CC(C3)CC(c3ccc(-c6nc(-c7ccc(-c8ccccc8)cc7)nc(-c7ccc(-c8ccccc8)cc7)n6)cc3)(C5)C4)cc2)c1. The first-order chi connectivity index (χ1) is 29.5. The van der Waals surface area contributed by atoms with E-state index in [1.54, 1.807) is 0 Å². The van der Waals surface area contributed by atoms with Gasteiger partial charge >= 0.3 is 0 Å². The van der Waals surface area contributed by atoms with Gasteiger partial charge in [0.05, 0.1) is 6.57 Å². The van der Waals surface area contributed by atoms with Crippen LogP contribution in [0.15, 0.2) is 182 Å². The highest BCUT2D eigenvalue weighted by molar-refractivity contribution is 5.73. The van der Waals surface area contributed by atoms with Crippen LogP contribution in [0.2, 0.25) is 0 Å². The summed E-state index contributed by atoms with van der Waals surface area (Å²) in [6, 6.07) is 64.6. The van der Waals surface area contributed by atoms with E-state index in [1.165, 1.54) is 66.3 Å². The molecule has 12 rings (SSSR count). The largest absolute Gasteiger partial charge is 0.238 e. The van der Waals surface area contributed by atoms with E-state index in [4.69, 9.17) is 21.5 Å². The maximum Gasteiger partial charge on any atom is 0.187 e. The Bertz CT molecular complexity index is 2740. The molecule has 0 saturated heterocycles. The maximum atomic E-state index is 7.47. The lowest BCUT2D eigenvalue weighted by Gasteiger charge is -2.63. The normalized spacial score (nSPS) is 21.4. The molecule has 60 heavy (non-hydrogen) atoms. The first-order valence-electron chi connectivity index (χ1n) is 21.3. The van der Waals surface area contributed by atoms with Gasteiger partial charge in [-0.3, -0.25) is 0 Å². The smallest absolute Gasteiger partial charge is 0.187 e. The van der Waals surface area contributed by atoms with Gasteiger partial charge in [0.15, 0.2) is 23.2 Å². The molecule has 0 aliphatic heterocycles. The number of benzene rings is 7. The van der Waals surface area contributed by atoms with Gasteiger partial charge in [-0.05, 0) is 112 Å². The highest BCUT2D eigenvalue weighted by Crippen LogP contribution is 2.66. The topological polar surface area (TPSA) is 43.0 Å². The van der Waals surface area contributed by atoms with Crippen LogP contribution in [0, 0.1) is 18.4 Å². The summed E-state index contributed by atoms with van der Waals surface area (Å²) < 4.78 is 0. The second kappa shape index (κ2) is 14.7. The fourth-order valence-corrected chi connectivity index (χ4v) is 11.3. The Morgan fingerprint density at radius 3 is 1.17 bits per heavy atom. The molecule has 4 fully saturated rings. The molecule has 2 unspecified atom stereocenters. The van der Waals surface area contributed by atoms with Gasteiger partial charge in [-0.15, -0.1) is 0 Å². The third kappa shape index (κ3) is 6.61. The van der Waals surface area contributed by atoms with Crippen molar-refractivity contribution in [3.8, 4) is 67.5 Å². The van der Waals surface area contributed by atoms with Crippen LogP contribution in [0.5, 0.6) is 0 Å². The van der Waals surface area contributed by atoms with Gasteiger partial charge in [-0.25, -0.2) is 19.8 Å². The van der Waals surface area contributed by atoms with E-state index in [0.29, 0.717) is 23.2 Å². The molecule has 1 aromatic heterocycles. The summed E-state index contributed by atoms with van der Waals surface area (Å²) in [6.45, 7) is 7.47. The molecule has 4 aliphatic rings. The van der Waals surface area contributed by atoms with Crippen molar-refractivity contribution in [2.75, 3.05) is 0 Å². The zero-order valence-corrected chi connectivity index (χ0v) is 33.5. The molecule has 288 valence electrons. The van der Waals surface area contributed by atoms with Gasteiger partial charge in [0.1, 0.15) is 0 Å².